The molecule has 0 saturated carbocycles. The average molecular weight is 176 g/mol. The lowest BCUT2D eigenvalue weighted by atomic mass is 10.3. The molecule has 0 rings (SSSR count). The van der Waals surface area contributed by atoms with Crippen LogP contribution in [0.2, 0.25) is 0 Å². The predicted molar refractivity (Wildman–Crippen MR) is 50.8 cm³/mol. The second-order valence-corrected chi connectivity index (χ2v) is 2.78. The number of methoxy groups -OCH3 is 2. The highest BCUT2D eigenvalue weighted by Crippen LogP contribution is 1.98. The molecular weight excluding hydrogens is 159 g/mol. The summed E-state index contributed by atoms with van der Waals surface area (Å²) in [6.45, 7) is 0. The third kappa shape index (κ3) is 6.49. The minimum atomic E-state index is -0.181. The summed E-state index contributed by atoms with van der Waals surface area (Å²) in [6.07, 6.45) is 7.27. The van der Waals surface area contributed by atoms with Crippen molar-refractivity contribution in [3.05, 3.63) is 12.2 Å². The Morgan fingerprint density at radius 2 is 2.00 bits per heavy atom. The van der Waals surface area contributed by atoms with Gasteiger partial charge in [0, 0.05) is 14.2 Å². The Hall–Kier alpha value is 0.0900. The fraction of sp³-hybridized carbons (Fsp3) is 0.750. The second kappa shape index (κ2) is 8.19. The molecule has 1 unspecified atom stereocenters. The molecule has 0 aliphatic heterocycles. The van der Waals surface area contributed by atoms with Gasteiger partial charge in [0.05, 0.1) is 0 Å². The zero-order valence-corrected chi connectivity index (χ0v) is 8.40. The van der Waals surface area contributed by atoms with Crippen LogP contribution in [-0.4, -0.2) is 26.7 Å². The number of rotatable bonds is 6. The first kappa shape index (κ1) is 11.1. The van der Waals surface area contributed by atoms with E-state index >= 15 is 0 Å². The quantitative estimate of drug-likeness (QED) is 0.266. The molecule has 0 heterocycles. The van der Waals surface area contributed by atoms with Gasteiger partial charge in [-0.05, 0) is 25.1 Å². The molecule has 0 amide bonds. The molecule has 2 nitrogen and oxygen atoms in total. The molecule has 0 spiro atoms. The molecule has 0 aliphatic carbocycles. The van der Waals surface area contributed by atoms with Crippen LogP contribution in [0.4, 0.5) is 0 Å². The summed E-state index contributed by atoms with van der Waals surface area (Å²) in [6, 6.07) is 0. The number of unbranched alkanes of at least 4 members (excludes halogenated alkanes) is 1. The van der Waals surface area contributed by atoms with E-state index in [-0.39, 0.29) is 6.29 Å². The SMILES string of the molecule is COC(/C=C/CCCP)OC. The molecule has 3 heteroatoms. The van der Waals surface area contributed by atoms with Gasteiger partial charge in [0.2, 0.25) is 0 Å². The van der Waals surface area contributed by atoms with Gasteiger partial charge in [-0.3, -0.25) is 0 Å². The van der Waals surface area contributed by atoms with Crippen LogP contribution in [0.3, 0.4) is 0 Å². The van der Waals surface area contributed by atoms with E-state index in [1.54, 1.807) is 14.2 Å². The molecule has 0 saturated heterocycles. The zero-order chi connectivity index (χ0) is 8.53. The summed E-state index contributed by atoms with van der Waals surface area (Å²) in [5.74, 6) is 0. The molecule has 11 heavy (non-hydrogen) atoms. The maximum Gasteiger partial charge on any atom is 0.176 e. The van der Waals surface area contributed by atoms with Crippen molar-refractivity contribution in [1.82, 2.24) is 0 Å². The molecule has 0 aromatic rings. The lowest BCUT2D eigenvalue weighted by Crippen LogP contribution is -2.08. The lowest BCUT2D eigenvalue weighted by molar-refractivity contribution is -0.0667. The van der Waals surface area contributed by atoms with Gasteiger partial charge < -0.3 is 9.47 Å². The largest absolute Gasteiger partial charge is 0.352 e. The number of hydrogen-bond donors (Lipinski definition) is 0. The highest BCUT2D eigenvalue weighted by atomic mass is 31.0. The molecule has 0 aromatic heterocycles. The van der Waals surface area contributed by atoms with Crippen molar-refractivity contribution < 1.29 is 9.47 Å². The standard InChI is InChI=1S/C8H17O2P/c1-9-8(10-2)6-4-3-5-7-11/h4,6,8H,3,5,7,11H2,1-2H3/b6-4+. The van der Waals surface area contributed by atoms with Crippen molar-refractivity contribution in [2.45, 2.75) is 19.1 Å². The monoisotopic (exact) mass is 176 g/mol. The molecule has 0 fully saturated rings. The Labute approximate surface area is 71.2 Å². The van der Waals surface area contributed by atoms with E-state index in [1.165, 1.54) is 6.42 Å². The predicted octanol–water partition coefficient (Wildman–Crippen LogP) is 1.82. The van der Waals surface area contributed by atoms with E-state index < -0.39 is 0 Å². The first-order valence-corrected chi connectivity index (χ1v) is 4.59. The van der Waals surface area contributed by atoms with E-state index in [9.17, 15) is 0 Å². The lowest BCUT2D eigenvalue weighted by Gasteiger charge is -2.06. The topological polar surface area (TPSA) is 18.5 Å². The third-order valence-electron chi connectivity index (χ3n) is 1.33. The van der Waals surface area contributed by atoms with Crippen molar-refractivity contribution >= 4 is 9.24 Å². The summed E-state index contributed by atoms with van der Waals surface area (Å²) < 4.78 is 9.93. The second-order valence-electron chi connectivity index (χ2n) is 2.20. The summed E-state index contributed by atoms with van der Waals surface area (Å²) in [4.78, 5) is 0. The average Bonchev–Trinajstić information content (AvgIpc) is 2.05. The molecule has 0 N–H and O–H groups in total. The molecule has 0 bridgehead atoms. The summed E-state index contributed by atoms with van der Waals surface area (Å²) >= 11 is 0. The van der Waals surface area contributed by atoms with Crippen LogP contribution in [-0.2, 0) is 9.47 Å². The number of ether oxygens (including phenoxy) is 2. The van der Waals surface area contributed by atoms with Crippen LogP contribution >= 0.6 is 9.24 Å². The van der Waals surface area contributed by atoms with Crippen molar-refractivity contribution in [3.8, 4) is 0 Å². The van der Waals surface area contributed by atoms with Gasteiger partial charge in [-0.1, -0.05) is 6.08 Å². The Balaban J connectivity index is 3.36. The van der Waals surface area contributed by atoms with Gasteiger partial charge in [0.15, 0.2) is 6.29 Å². The molecule has 66 valence electrons. The smallest absolute Gasteiger partial charge is 0.176 e. The van der Waals surface area contributed by atoms with Gasteiger partial charge >= 0.3 is 0 Å². The first-order valence-electron chi connectivity index (χ1n) is 3.77. The van der Waals surface area contributed by atoms with Crippen molar-refractivity contribution in [2.24, 2.45) is 0 Å². The Morgan fingerprint density at radius 1 is 1.36 bits per heavy atom. The fourth-order valence-corrected chi connectivity index (χ4v) is 0.932. The van der Waals surface area contributed by atoms with E-state index in [1.807, 2.05) is 6.08 Å². The number of allylic oxidation sites excluding steroid dienone is 1. The van der Waals surface area contributed by atoms with E-state index in [0.29, 0.717) is 0 Å². The normalized spacial score (nSPS) is 11.6. The molecule has 1 atom stereocenters. The minimum absolute atomic E-state index is 0.181. The first-order chi connectivity index (χ1) is 5.35. The summed E-state index contributed by atoms with van der Waals surface area (Å²) in [7, 11) is 5.97. The van der Waals surface area contributed by atoms with Crippen molar-refractivity contribution in [2.75, 3.05) is 20.4 Å². The minimum Gasteiger partial charge on any atom is -0.352 e. The Bertz CT molecular complexity index is 100. The van der Waals surface area contributed by atoms with Crippen LogP contribution in [0, 0.1) is 0 Å². The number of hydrogen-bond acceptors (Lipinski definition) is 2. The van der Waals surface area contributed by atoms with Crippen molar-refractivity contribution in [1.29, 1.82) is 0 Å². The van der Waals surface area contributed by atoms with Crippen molar-refractivity contribution in [3.63, 3.8) is 0 Å². The van der Waals surface area contributed by atoms with Crippen LogP contribution in [0.5, 0.6) is 0 Å². The summed E-state index contributed by atoms with van der Waals surface area (Å²) in [5.41, 5.74) is 0. The summed E-state index contributed by atoms with van der Waals surface area (Å²) in [5, 5.41) is 0. The van der Waals surface area contributed by atoms with Gasteiger partial charge in [0.25, 0.3) is 0 Å². The molecule has 0 radical (unpaired) electrons. The molecule has 0 aromatic carbocycles. The maximum absolute atomic E-state index is 4.97. The Morgan fingerprint density at radius 3 is 2.45 bits per heavy atom. The molecule has 0 aliphatic rings. The van der Waals surface area contributed by atoms with Gasteiger partial charge in [-0.15, -0.1) is 9.24 Å². The highest BCUT2D eigenvalue weighted by molar-refractivity contribution is 7.16. The zero-order valence-electron chi connectivity index (χ0n) is 7.25. The van der Waals surface area contributed by atoms with Crippen LogP contribution in [0.15, 0.2) is 12.2 Å². The van der Waals surface area contributed by atoms with Gasteiger partial charge in [0.1, 0.15) is 0 Å². The van der Waals surface area contributed by atoms with Crippen LogP contribution in [0.1, 0.15) is 12.8 Å². The van der Waals surface area contributed by atoms with Crippen LogP contribution < -0.4 is 0 Å². The van der Waals surface area contributed by atoms with E-state index in [0.717, 1.165) is 12.6 Å². The fourth-order valence-electron chi connectivity index (χ4n) is 0.696. The van der Waals surface area contributed by atoms with E-state index in [2.05, 4.69) is 15.3 Å². The Kier molecular flexibility index (Phi) is 8.26. The van der Waals surface area contributed by atoms with Crippen LogP contribution in [0.25, 0.3) is 0 Å². The highest BCUT2D eigenvalue weighted by Gasteiger charge is 1.95. The van der Waals surface area contributed by atoms with Gasteiger partial charge in [-0.2, -0.15) is 0 Å². The van der Waals surface area contributed by atoms with E-state index in [4.69, 9.17) is 9.47 Å². The van der Waals surface area contributed by atoms with Gasteiger partial charge in [-0.25, -0.2) is 0 Å². The third-order valence-corrected chi connectivity index (χ3v) is 1.74. The molecular formula is C8H17O2P. The maximum atomic E-state index is 4.97.